The summed E-state index contributed by atoms with van der Waals surface area (Å²) in [7, 11) is 1.31. The number of imide groups is 1. The number of carbonyl (C=O) groups excluding carboxylic acids is 3. The third kappa shape index (κ3) is 4.02. The summed E-state index contributed by atoms with van der Waals surface area (Å²) in [4.78, 5) is 38.8. The number of benzene rings is 2. The minimum absolute atomic E-state index is 0.200. The highest BCUT2D eigenvalue weighted by Gasteiger charge is 2.41. The molecule has 1 atom stereocenters. The van der Waals surface area contributed by atoms with Gasteiger partial charge in [0.15, 0.2) is 6.61 Å². The van der Waals surface area contributed by atoms with Crippen LogP contribution in [0.4, 0.5) is 5.69 Å². The van der Waals surface area contributed by atoms with Crippen LogP contribution in [0.3, 0.4) is 0 Å². The van der Waals surface area contributed by atoms with Gasteiger partial charge in [-0.25, -0.2) is 4.79 Å². The lowest BCUT2D eigenvalue weighted by Gasteiger charge is -2.20. The van der Waals surface area contributed by atoms with Crippen molar-refractivity contribution in [1.29, 1.82) is 0 Å². The van der Waals surface area contributed by atoms with Crippen molar-refractivity contribution in [3.63, 3.8) is 0 Å². The molecule has 0 aliphatic carbocycles. The van der Waals surface area contributed by atoms with Crippen molar-refractivity contribution >= 4 is 34.4 Å². The molecule has 2 aliphatic rings. The number of anilines is 1. The molecule has 0 spiro atoms. The normalized spacial score (nSPS) is 16.8. The van der Waals surface area contributed by atoms with E-state index in [1.807, 2.05) is 30.3 Å². The van der Waals surface area contributed by atoms with E-state index in [1.54, 1.807) is 6.07 Å². The number of ether oxygens (including phenoxy) is 2. The highest BCUT2D eigenvalue weighted by atomic mass is 16.6. The quantitative estimate of drug-likeness (QED) is 0.528. The molecule has 0 fully saturated rings. The maximum Gasteiger partial charge on any atom is 0.343 e. The first kappa shape index (κ1) is 23.7. The molecule has 186 valence electrons. The SMILES string of the molecule is COC(=O)COc1cccc([C@H]2C3=C(CN(C(C)=O)C3=O)Nc3cccc4c3c2cn4CC(C)C)c1. The van der Waals surface area contributed by atoms with E-state index < -0.39 is 11.9 Å². The molecule has 1 N–H and O–H groups in total. The summed E-state index contributed by atoms with van der Waals surface area (Å²) in [5.41, 5.74) is 5.10. The number of aromatic nitrogens is 1. The maximum atomic E-state index is 13.6. The second-order valence-corrected chi connectivity index (χ2v) is 9.63. The van der Waals surface area contributed by atoms with Crippen LogP contribution < -0.4 is 10.1 Å². The van der Waals surface area contributed by atoms with Gasteiger partial charge in [-0.3, -0.25) is 14.5 Å². The van der Waals surface area contributed by atoms with Crippen molar-refractivity contribution in [1.82, 2.24) is 9.47 Å². The highest BCUT2D eigenvalue weighted by Crippen LogP contribution is 2.47. The largest absolute Gasteiger partial charge is 0.482 e. The van der Waals surface area contributed by atoms with E-state index in [0.29, 0.717) is 17.2 Å². The maximum absolute atomic E-state index is 13.6. The molecule has 2 aliphatic heterocycles. The lowest BCUT2D eigenvalue weighted by atomic mass is 9.84. The molecule has 0 unspecified atom stereocenters. The molecule has 8 nitrogen and oxygen atoms in total. The first-order valence-corrected chi connectivity index (χ1v) is 12.0. The Kier molecular flexibility index (Phi) is 6.04. The van der Waals surface area contributed by atoms with Gasteiger partial charge in [-0.05, 0) is 41.3 Å². The van der Waals surface area contributed by atoms with Gasteiger partial charge in [-0.1, -0.05) is 32.0 Å². The molecular formula is C28H29N3O5. The molecular weight excluding hydrogens is 458 g/mol. The Labute approximate surface area is 209 Å². The van der Waals surface area contributed by atoms with E-state index in [1.165, 1.54) is 18.9 Å². The molecule has 36 heavy (non-hydrogen) atoms. The van der Waals surface area contributed by atoms with Crippen LogP contribution in [0.2, 0.25) is 0 Å². The summed E-state index contributed by atoms with van der Waals surface area (Å²) >= 11 is 0. The Morgan fingerprint density at radius 1 is 1.17 bits per heavy atom. The van der Waals surface area contributed by atoms with Crippen LogP contribution in [0, 0.1) is 5.92 Å². The van der Waals surface area contributed by atoms with Gasteiger partial charge >= 0.3 is 5.97 Å². The molecule has 5 rings (SSSR count). The molecule has 2 amide bonds. The predicted molar refractivity (Wildman–Crippen MR) is 136 cm³/mol. The van der Waals surface area contributed by atoms with Gasteiger partial charge < -0.3 is 19.4 Å². The van der Waals surface area contributed by atoms with E-state index >= 15 is 0 Å². The minimum atomic E-state index is -0.478. The van der Waals surface area contributed by atoms with Gasteiger partial charge in [0.25, 0.3) is 5.91 Å². The van der Waals surface area contributed by atoms with Crippen LogP contribution in [0.15, 0.2) is 59.9 Å². The monoisotopic (exact) mass is 487 g/mol. The number of esters is 1. The van der Waals surface area contributed by atoms with E-state index in [-0.39, 0.29) is 25.0 Å². The first-order valence-electron chi connectivity index (χ1n) is 12.0. The topological polar surface area (TPSA) is 89.9 Å². The smallest absolute Gasteiger partial charge is 0.343 e. The average Bonchev–Trinajstić information content (AvgIpc) is 3.32. The summed E-state index contributed by atoms with van der Waals surface area (Å²) in [6, 6.07) is 13.5. The Hall–Kier alpha value is -4.07. The number of nitrogens with zero attached hydrogens (tertiary/aromatic N) is 2. The molecule has 3 aromatic rings. The summed E-state index contributed by atoms with van der Waals surface area (Å²) in [5.74, 6) is -0.568. The lowest BCUT2D eigenvalue weighted by molar-refractivity contribution is -0.143. The number of hydrogen-bond donors (Lipinski definition) is 1. The van der Waals surface area contributed by atoms with Crippen molar-refractivity contribution in [2.24, 2.45) is 5.92 Å². The molecule has 8 heteroatoms. The summed E-state index contributed by atoms with van der Waals surface area (Å²) in [6.45, 7) is 6.57. The van der Waals surface area contributed by atoms with Crippen LogP contribution in [0.5, 0.6) is 5.75 Å². The van der Waals surface area contributed by atoms with Gasteiger partial charge in [0, 0.05) is 42.4 Å². The predicted octanol–water partition coefficient (Wildman–Crippen LogP) is 4.05. The van der Waals surface area contributed by atoms with Crippen molar-refractivity contribution in [3.8, 4) is 5.75 Å². The highest BCUT2D eigenvalue weighted by molar-refractivity contribution is 6.11. The fourth-order valence-electron chi connectivity index (χ4n) is 5.15. The van der Waals surface area contributed by atoms with E-state index in [2.05, 4.69) is 40.7 Å². The number of amides is 2. The van der Waals surface area contributed by atoms with E-state index in [4.69, 9.17) is 4.74 Å². The van der Waals surface area contributed by atoms with Gasteiger partial charge in [0.2, 0.25) is 5.91 Å². The van der Waals surface area contributed by atoms with Crippen molar-refractivity contribution in [2.45, 2.75) is 33.2 Å². The number of carbonyl (C=O) groups is 3. The summed E-state index contributed by atoms with van der Waals surface area (Å²) in [5, 5.41) is 4.54. The van der Waals surface area contributed by atoms with Gasteiger partial charge in [0.1, 0.15) is 5.75 Å². The zero-order valence-electron chi connectivity index (χ0n) is 20.8. The average molecular weight is 488 g/mol. The van der Waals surface area contributed by atoms with Gasteiger partial charge in [-0.2, -0.15) is 0 Å². The van der Waals surface area contributed by atoms with Crippen molar-refractivity contribution < 1.29 is 23.9 Å². The van der Waals surface area contributed by atoms with Gasteiger partial charge in [-0.15, -0.1) is 0 Å². The lowest BCUT2D eigenvalue weighted by Crippen LogP contribution is -2.33. The Morgan fingerprint density at radius 2 is 1.94 bits per heavy atom. The third-order valence-electron chi connectivity index (χ3n) is 6.66. The fourth-order valence-corrected chi connectivity index (χ4v) is 5.15. The first-order chi connectivity index (χ1) is 17.3. The minimum Gasteiger partial charge on any atom is -0.482 e. The Bertz CT molecular complexity index is 1420. The third-order valence-corrected chi connectivity index (χ3v) is 6.66. The number of methoxy groups -OCH3 is 1. The number of nitrogens with one attached hydrogen (secondary N) is 1. The zero-order valence-corrected chi connectivity index (χ0v) is 20.8. The molecule has 0 saturated carbocycles. The zero-order chi connectivity index (χ0) is 25.6. The van der Waals surface area contributed by atoms with E-state index in [0.717, 1.165) is 40.0 Å². The molecule has 0 saturated heterocycles. The molecule has 3 heterocycles. The fraction of sp³-hybridized carbons (Fsp3) is 0.321. The van der Waals surface area contributed by atoms with Crippen molar-refractivity contribution in [2.75, 3.05) is 25.6 Å². The van der Waals surface area contributed by atoms with Gasteiger partial charge in [0.05, 0.1) is 24.7 Å². The van der Waals surface area contributed by atoms with Crippen LogP contribution >= 0.6 is 0 Å². The van der Waals surface area contributed by atoms with Crippen LogP contribution in [0.1, 0.15) is 37.8 Å². The van der Waals surface area contributed by atoms with Crippen LogP contribution in [0.25, 0.3) is 10.9 Å². The van der Waals surface area contributed by atoms with Crippen LogP contribution in [-0.2, 0) is 25.7 Å². The van der Waals surface area contributed by atoms with Crippen LogP contribution in [-0.4, -0.2) is 47.5 Å². The second-order valence-electron chi connectivity index (χ2n) is 9.63. The summed E-state index contributed by atoms with van der Waals surface area (Å²) < 4.78 is 12.6. The summed E-state index contributed by atoms with van der Waals surface area (Å²) in [6.07, 6.45) is 2.13. The number of rotatable bonds is 6. The molecule has 1 aromatic heterocycles. The molecule has 0 bridgehead atoms. The number of hydrogen-bond acceptors (Lipinski definition) is 6. The second kappa shape index (κ2) is 9.18. The molecule has 2 aromatic carbocycles. The van der Waals surface area contributed by atoms with E-state index in [9.17, 15) is 14.4 Å². The standard InChI is InChI=1S/C28H29N3O5/c1-16(2)12-30-13-20-25(18-7-5-8-19(11-18)36-15-24(33)35-4)27-22(14-31(17(3)32)28(27)34)29-21-9-6-10-23(30)26(20)21/h5-11,13,16,25,29H,12,14-15H2,1-4H3/t25-/m1/s1. The Balaban J connectivity index is 1.70. The molecule has 0 radical (unpaired) electrons. The van der Waals surface area contributed by atoms with Crippen molar-refractivity contribution in [3.05, 3.63) is 71.1 Å². The Morgan fingerprint density at radius 3 is 2.67 bits per heavy atom.